The first-order valence-corrected chi connectivity index (χ1v) is 7.35. The van der Waals surface area contributed by atoms with Crippen LogP contribution >= 0.6 is 12.2 Å². The summed E-state index contributed by atoms with van der Waals surface area (Å²) in [6.07, 6.45) is 9.26. The fourth-order valence-corrected chi connectivity index (χ4v) is 2.99. The molecule has 0 aliphatic heterocycles. The van der Waals surface area contributed by atoms with E-state index in [0.29, 0.717) is 6.61 Å². The number of hydrogen-bond acceptors (Lipinski definition) is 3. The highest BCUT2D eigenvalue weighted by atomic mass is 32.1. The zero-order chi connectivity index (χ0) is 12.8. The quantitative estimate of drug-likeness (QED) is 0.660. The van der Waals surface area contributed by atoms with Crippen LogP contribution in [-0.2, 0) is 17.7 Å². The largest absolute Gasteiger partial charge is 0.383 e. The number of nitrogens with one attached hydrogen (secondary N) is 1. The molecule has 0 bridgehead atoms. The lowest BCUT2D eigenvalue weighted by molar-refractivity contribution is 0.185. The number of ether oxygens (including phenoxy) is 1. The molecule has 1 fully saturated rings. The van der Waals surface area contributed by atoms with E-state index >= 15 is 0 Å². The number of aromatic amines is 1. The molecule has 0 unspecified atom stereocenters. The van der Waals surface area contributed by atoms with Gasteiger partial charge in [-0.15, -0.1) is 0 Å². The Morgan fingerprint density at radius 2 is 2.06 bits per heavy atom. The van der Waals surface area contributed by atoms with Crippen LogP contribution in [0, 0.1) is 10.7 Å². The van der Waals surface area contributed by atoms with Crippen LogP contribution in [0.4, 0.5) is 0 Å². The van der Waals surface area contributed by atoms with Crippen LogP contribution in [0.5, 0.6) is 0 Å². The summed E-state index contributed by atoms with van der Waals surface area (Å²) >= 11 is 5.27. The van der Waals surface area contributed by atoms with E-state index in [0.717, 1.165) is 29.5 Å². The molecule has 0 saturated heterocycles. The van der Waals surface area contributed by atoms with Crippen molar-refractivity contribution in [2.24, 2.45) is 5.92 Å². The average Bonchev–Trinajstić information content (AvgIpc) is 2.58. The van der Waals surface area contributed by atoms with Gasteiger partial charge in [-0.3, -0.25) is 5.10 Å². The van der Waals surface area contributed by atoms with Crippen molar-refractivity contribution >= 4 is 12.2 Å². The predicted octanol–water partition coefficient (Wildman–Crippen LogP) is 3.10. The molecular formula is C13H23N3OS. The van der Waals surface area contributed by atoms with Gasteiger partial charge >= 0.3 is 0 Å². The lowest BCUT2D eigenvalue weighted by Gasteiger charge is -2.14. The van der Waals surface area contributed by atoms with E-state index in [1.54, 1.807) is 7.11 Å². The average molecular weight is 269 g/mol. The van der Waals surface area contributed by atoms with Gasteiger partial charge in [-0.25, -0.2) is 0 Å². The normalized spacial score (nSPS) is 17.8. The van der Waals surface area contributed by atoms with Gasteiger partial charge in [0.2, 0.25) is 0 Å². The van der Waals surface area contributed by atoms with Gasteiger partial charge in [-0.2, -0.15) is 5.10 Å². The molecule has 5 heteroatoms. The number of hydrogen-bond donors (Lipinski definition) is 1. The SMILES string of the molecule is COCCn1c(CC2CCCCCC2)n[nH]c1=S. The van der Waals surface area contributed by atoms with Crippen molar-refractivity contribution in [2.45, 2.75) is 51.5 Å². The van der Waals surface area contributed by atoms with Crippen LogP contribution in [0.15, 0.2) is 0 Å². The first-order chi connectivity index (χ1) is 8.81. The number of aromatic nitrogens is 3. The van der Waals surface area contributed by atoms with Gasteiger partial charge in [-0.05, 0) is 18.1 Å². The van der Waals surface area contributed by atoms with Crippen LogP contribution in [0.2, 0.25) is 0 Å². The van der Waals surface area contributed by atoms with Crippen molar-refractivity contribution in [1.29, 1.82) is 0 Å². The van der Waals surface area contributed by atoms with Gasteiger partial charge in [0, 0.05) is 20.1 Å². The molecule has 0 atom stereocenters. The van der Waals surface area contributed by atoms with Crippen LogP contribution in [-0.4, -0.2) is 28.5 Å². The fraction of sp³-hybridized carbons (Fsp3) is 0.846. The maximum atomic E-state index is 5.27. The van der Waals surface area contributed by atoms with Crippen LogP contribution in [0.1, 0.15) is 44.3 Å². The van der Waals surface area contributed by atoms with E-state index in [-0.39, 0.29) is 0 Å². The van der Waals surface area contributed by atoms with Crippen LogP contribution < -0.4 is 0 Å². The zero-order valence-electron chi connectivity index (χ0n) is 11.2. The number of nitrogens with zero attached hydrogens (tertiary/aromatic N) is 2. The van der Waals surface area contributed by atoms with Crippen molar-refractivity contribution in [2.75, 3.05) is 13.7 Å². The molecule has 1 aromatic rings. The Kier molecular flexibility index (Phi) is 5.38. The smallest absolute Gasteiger partial charge is 0.195 e. The summed E-state index contributed by atoms with van der Waals surface area (Å²) < 4.78 is 7.93. The van der Waals surface area contributed by atoms with Crippen molar-refractivity contribution in [1.82, 2.24) is 14.8 Å². The summed E-state index contributed by atoms with van der Waals surface area (Å²) in [6, 6.07) is 0. The topological polar surface area (TPSA) is 42.8 Å². The minimum Gasteiger partial charge on any atom is -0.383 e. The maximum absolute atomic E-state index is 5.27. The second-order valence-electron chi connectivity index (χ2n) is 5.15. The second-order valence-corrected chi connectivity index (χ2v) is 5.54. The van der Waals surface area contributed by atoms with E-state index in [1.807, 2.05) is 0 Å². The van der Waals surface area contributed by atoms with Gasteiger partial charge < -0.3 is 9.30 Å². The third-order valence-corrected chi connectivity index (χ3v) is 4.11. The van der Waals surface area contributed by atoms with Crippen molar-refractivity contribution < 1.29 is 4.74 Å². The Morgan fingerprint density at radius 1 is 1.33 bits per heavy atom. The minimum absolute atomic E-state index is 0.686. The van der Waals surface area contributed by atoms with E-state index in [1.165, 1.54) is 38.5 Å². The number of rotatable bonds is 5. The molecular weight excluding hydrogens is 246 g/mol. The Bertz CT molecular complexity index is 405. The van der Waals surface area contributed by atoms with Gasteiger partial charge in [0.05, 0.1) is 6.61 Å². The van der Waals surface area contributed by atoms with Gasteiger partial charge in [-0.1, -0.05) is 38.5 Å². The standard InChI is InChI=1S/C13H23N3OS/c1-17-9-8-16-12(14-15-13(16)18)10-11-6-4-2-3-5-7-11/h11H,2-10H2,1H3,(H,15,18). The third kappa shape index (κ3) is 3.65. The number of methoxy groups -OCH3 is 1. The summed E-state index contributed by atoms with van der Waals surface area (Å²) in [6.45, 7) is 1.49. The maximum Gasteiger partial charge on any atom is 0.195 e. The molecule has 1 N–H and O–H groups in total. The fourth-order valence-electron chi connectivity index (χ4n) is 2.75. The molecule has 0 amide bonds. The van der Waals surface area contributed by atoms with Crippen molar-refractivity contribution in [3.63, 3.8) is 0 Å². The van der Waals surface area contributed by atoms with Crippen LogP contribution in [0.3, 0.4) is 0 Å². The summed E-state index contributed by atoms with van der Waals surface area (Å²) in [5, 5.41) is 7.30. The molecule has 1 aromatic heterocycles. The molecule has 0 radical (unpaired) electrons. The summed E-state index contributed by atoms with van der Waals surface area (Å²) in [4.78, 5) is 0. The molecule has 18 heavy (non-hydrogen) atoms. The van der Waals surface area contributed by atoms with Crippen molar-refractivity contribution in [3.8, 4) is 0 Å². The molecule has 2 rings (SSSR count). The van der Waals surface area contributed by atoms with E-state index in [9.17, 15) is 0 Å². The minimum atomic E-state index is 0.686. The monoisotopic (exact) mass is 269 g/mol. The first-order valence-electron chi connectivity index (χ1n) is 6.94. The van der Waals surface area contributed by atoms with Crippen molar-refractivity contribution in [3.05, 3.63) is 10.6 Å². The summed E-state index contributed by atoms with van der Waals surface area (Å²) in [5.41, 5.74) is 0. The molecule has 1 saturated carbocycles. The molecule has 102 valence electrons. The molecule has 1 aliphatic carbocycles. The lowest BCUT2D eigenvalue weighted by Crippen LogP contribution is -2.13. The molecule has 1 aliphatic rings. The van der Waals surface area contributed by atoms with E-state index in [4.69, 9.17) is 17.0 Å². The van der Waals surface area contributed by atoms with Gasteiger partial charge in [0.1, 0.15) is 5.82 Å². The Labute approximate surface area is 114 Å². The Morgan fingerprint density at radius 3 is 2.72 bits per heavy atom. The Balaban J connectivity index is 2.01. The first kappa shape index (κ1) is 13.7. The van der Waals surface area contributed by atoms with Gasteiger partial charge in [0.25, 0.3) is 0 Å². The highest BCUT2D eigenvalue weighted by Gasteiger charge is 2.16. The zero-order valence-corrected chi connectivity index (χ0v) is 12.0. The second kappa shape index (κ2) is 7.04. The molecule has 1 heterocycles. The summed E-state index contributed by atoms with van der Waals surface area (Å²) in [5.74, 6) is 1.88. The molecule has 4 nitrogen and oxygen atoms in total. The lowest BCUT2D eigenvalue weighted by atomic mass is 9.96. The Hall–Kier alpha value is -0.680. The highest BCUT2D eigenvalue weighted by molar-refractivity contribution is 7.71. The third-order valence-electron chi connectivity index (χ3n) is 3.80. The van der Waals surface area contributed by atoms with E-state index in [2.05, 4.69) is 14.8 Å². The highest BCUT2D eigenvalue weighted by Crippen LogP contribution is 2.25. The van der Waals surface area contributed by atoms with Crippen LogP contribution in [0.25, 0.3) is 0 Å². The molecule has 0 aromatic carbocycles. The van der Waals surface area contributed by atoms with Gasteiger partial charge in [0.15, 0.2) is 4.77 Å². The summed E-state index contributed by atoms with van der Waals surface area (Å²) in [7, 11) is 1.72. The molecule has 0 spiro atoms. The van der Waals surface area contributed by atoms with E-state index < -0.39 is 0 Å². The number of H-pyrrole nitrogens is 1. The predicted molar refractivity (Wildman–Crippen MR) is 74.2 cm³/mol.